The summed E-state index contributed by atoms with van der Waals surface area (Å²) >= 11 is 1.68. The van der Waals surface area contributed by atoms with Crippen LogP contribution in [0, 0.1) is 0 Å². The van der Waals surface area contributed by atoms with E-state index in [0.717, 1.165) is 29.3 Å². The van der Waals surface area contributed by atoms with Gasteiger partial charge in [0.05, 0.1) is 16.1 Å². The van der Waals surface area contributed by atoms with E-state index in [9.17, 15) is 4.79 Å². The molecule has 230 valence electrons. The largest absolute Gasteiger partial charge is 0.487 e. The second kappa shape index (κ2) is 13.3. The van der Waals surface area contributed by atoms with Crippen molar-refractivity contribution in [1.29, 1.82) is 0 Å². The molecule has 0 radical (unpaired) electrons. The predicted octanol–water partition coefficient (Wildman–Crippen LogP) is 9.22. The Labute approximate surface area is 270 Å². The molecule has 1 saturated heterocycles. The summed E-state index contributed by atoms with van der Waals surface area (Å²) < 4.78 is 11.8. The van der Waals surface area contributed by atoms with E-state index >= 15 is 0 Å². The molecule has 6 heteroatoms. The molecule has 4 aromatic carbocycles. The fourth-order valence-electron chi connectivity index (χ4n) is 6.23. The second-order valence-corrected chi connectivity index (χ2v) is 13.5. The van der Waals surface area contributed by atoms with Gasteiger partial charge in [-0.25, -0.2) is 9.78 Å². The summed E-state index contributed by atoms with van der Waals surface area (Å²) in [6.45, 7) is 7.49. The van der Waals surface area contributed by atoms with Crippen LogP contribution >= 0.6 is 11.3 Å². The molecule has 1 aliphatic rings. The molecule has 0 N–H and O–H groups in total. The molecule has 0 spiro atoms. The summed E-state index contributed by atoms with van der Waals surface area (Å²) in [5, 5.41) is 3.21. The maximum atomic E-state index is 12.4. The highest BCUT2D eigenvalue weighted by Gasteiger charge is 2.38. The molecule has 5 aromatic rings. The Morgan fingerprint density at radius 3 is 1.73 bits per heavy atom. The van der Waals surface area contributed by atoms with Gasteiger partial charge in [0.1, 0.15) is 18.0 Å². The zero-order valence-electron chi connectivity index (χ0n) is 26.2. The van der Waals surface area contributed by atoms with Gasteiger partial charge in [0, 0.05) is 24.4 Å². The fraction of sp³-hybridized carbons (Fsp3) is 0.282. The smallest absolute Gasteiger partial charge is 0.410 e. The minimum absolute atomic E-state index is 0.228. The highest BCUT2D eigenvalue weighted by molar-refractivity contribution is 7.09. The summed E-state index contributed by atoms with van der Waals surface area (Å²) in [7, 11) is 0. The van der Waals surface area contributed by atoms with Crippen molar-refractivity contribution in [3.05, 3.63) is 154 Å². The number of piperidine rings is 1. The number of carbonyl (C=O) groups is 1. The zero-order chi connectivity index (χ0) is 31.3. The van der Waals surface area contributed by atoms with Gasteiger partial charge in [-0.05, 0) is 68.0 Å². The quantitative estimate of drug-likeness (QED) is 0.163. The molecule has 0 saturated carbocycles. The van der Waals surface area contributed by atoms with Crippen molar-refractivity contribution in [2.75, 3.05) is 13.1 Å². The number of thiazole rings is 1. The molecule has 6 rings (SSSR count). The van der Waals surface area contributed by atoms with E-state index in [0.29, 0.717) is 25.6 Å². The van der Waals surface area contributed by atoms with Crippen LogP contribution in [-0.2, 0) is 16.8 Å². The monoisotopic (exact) mass is 616 g/mol. The van der Waals surface area contributed by atoms with Gasteiger partial charge in [-0.15, -0.1) is 11.3 Å². The topological polar surface area (TPSA) is 51.7 Å². The third-order valence-electron chi connectivity index (χ3n) is 8.36. The summed E-state index contributed by atoms with van der Waals surface area (Å²) in [6, 6.07) is 40.7. The van der Waals surface area contributed by atoms with Crippen molar-refractivity contribution in [2.24, 2.45) is 0 Å². The summed E-state index contributed by atoms with van der Waals surface area (Å²) in [5.41, 5.74) is 4.78. The van der Waals surface area contributed by atoms with Crippen LogP contribution in [0.3, 0.4) is 0 Å². The number of hydrogen-bond donors (Lipinski definition) is 0. The van der Waals surface area contributed by atoms with Crippen LogP contribution in [0.5, 0.6) is 5.75 Å². The number of aromatic nitrogens is 1. The molecule has 2 heterocycles. The van der Waals surface area contributed by atoms with Crippen molar-refractivity contribution in [3.8, 4) is 5.75 Å². The van der Waals surface area contributed by atoms with Gasteiger partial charge in [0.2, 0.25) is 0 Å². The van der Waals surface area contributed by atoms with Crippen molar-refractivity contribution < 1.29 is 14.3 Å². The first-order valence-electron chi connectivity index (χ1n) is 15.6. The van der Waals surface area contributed by atoms with Crippen LogP contribution in [0.15, 0.2) is 121 Å². The van der Waals surface area contributed by atoms with Gasteiger partial charge in [-0.2, -0.15) is 0 Å². The minimum Gasteiger partial charge on any atom is -0.487 e. The van der Waals surface area contributed by atoms with E-state index in [1.165, 1.54) is 22.3 Å². The molecule has 1 fully saturated rings. The van der Waals surface area contributed by atoms with E-state index in [2.05, 4.69) is 121 Å². The van der Waals surface area contributed by atoms with Gasteiger partial charge in [0.25, 0.3) is 0 Å². The lowest BCUT2D eigenvalue weighted by atomic mass is 9.65. The van der Waals surface area contributed by atoms with Gasteiger partial charge >= 0.3 is 6.09 Å². The van der Waals surface area contributed by atoms with Crippen molar-refractivity contribution in [2.45, 2.75) is 57.2 Å². The van der Waals surface area contributed by atoms with Crippen LogP contribution < -0.4 is 4.74 Å². The van der Waals surface area contributed by atoms with Gasteiger partial charge in [-0.1, -0.05) is 103 Å². The molecule has 45 heavy (non-hydrogen) atoms. The van der Waals surface area contributed by atoms with Gasteiger partial charge in [0.15, 0.2) is 0 Å². The Morgan fingerprint density at radius 2 is 1.24 bits per heavy atom. The number of benzene rings is 4. The van der Waals surface area contributed by atoms with Crippen LogP contribution in [-0.4, -0.2) is 34.7 Å². The first-order chi connectivity index (χ1) is 21.8. The number of rotatable bonds is 8. The number of carbonyl (C=O) groups excluding carboxylic acids is 1. The van der Waals surface area contributed by atoms with Gasteiger partial charge in [-0.3, -0.25) is 0 Å². The number of hydrogen-bond acceptors (Lipinski definition) is 5. The lowest BCUT2D eigenvalue weighted by Gasteiger charge is -2.36. The third-order valence-corrected chi connectivity index (χ3v) is 9.42. The average molecular weight is 617 g/mol. The molecule has 1 aliphatic heterocycles. The average Bonchev–Trinajstić information content (AvgIpc) is 3.55. The third kappa shape index (κ3) is 6.81. The molecule has 1 amide bonds. The Balaban J connectivity index is 1.17. The van der Waals surface area contributed by atoms with Crippen LogP contribution in [0.2, 0.25) is 0 Å². The maximum absolute atomic E-state index is 12.4. The molecule has 5 nitrogen and oxygen atoms in total. The standard InChI is InChI=1S/C39H40N2O3S/c1-38(2,3)44-37(42)41-25-23-29(24-26-41)36-40-34(28-45-36)27-43-35-21-19-33(20-22-35)39(30-13-7-4-8-14-30,31-15-9-5-10-16-31)32-17-11-6-12-18-32/h4-22,28-29H,23-27H2,1-3H3. The SMILES string of the molecule is CC(C)(C)OC(=O)N1CCC(c2nc(COc3ccc(C(c4ccccc4)(c4ccccc4)c4ccccc4)cc3)cs2)CC1. The number of nitrogens with zero attached hydrogens (tertiary/aromatic N) is 2. The molecular weight excluding hydrogens is 577 g/mol. The molecule has 0 unspecified atom stereocenters. The van der Waals surface area contributed by atoms with E-state index in [1.54, 1.807) is 11.3 Å². The lowest BCUT2D eigenvalue weighted by Crippen LogP contribution is -2.41. The predicted molar refractivity (Wildman–Crippen MR) is 181 cm³/mol. The van der Waals surface area contributed by atoms with E-state index in [4.69, 9.17) is 14.5 Å². The van der Waals surface area contributed by atoms with Crippen LogP contribution in [0.4, 0.5) is 4.79 Å². The minimum atomic E-state index is -0.481. The zero-order valence-corrected chi connectivity index (χ0v) is 27.0. The number of amides is 1. The Hall–Kier alpha value is -4.42. The highest BCUT2D eigenvalue weighted by Crippen LogP contribution is 2.45. The van der Waals surface area contributed by atoms with Crippen LogP contribution in [0.25, 0.3) is 0 Å². The first kappa shape index (κ1) is 30.6. The Kier molecular flexibility index (Phi) is 9.04. The molecule has 0 atom stereocenters. The molecule has 0 aliphatic carbocycles. The van der Waals surface area contributed by atoms with Crippen molar-refractivity contribution >= 4 is 17.4 Å². The number of ether oxygens (including phenoxy) is 2. The molecule has 1 aromatic heterocycles. The van der Waals surface area contributed by atoms with Crippen LogP contribution in [0.1, 0.15) is 72.5 Å². The van der Waals surface area contributed by atoms with Gasteiger partial charge < -0.3 is 14.4 Å². The molecule has 0 bridgehead atoms. The van der Waals surface area contributed by atoms with E-state index in [1.807, 2.05) is 25.7 Å². The van der Waals surface area contributed by atoms with E-state index in [-0.39, 0.29) is 6.09 Å². The summed E-state index contributed by atoms with van der Waals surface area (Å²) in [4.78, 5) is 19.2. The Morgan fingerprint density at radius 1 is 0.756 bits per heavy atom. The summed E-state index contributed by atoms with van der Waals surface area (Å²) in [6.07, 6.45) is 1.55. The first-order valence-corrected chi connectivity index (χ1v) is 16.5. The van der Waals surface area contributed by atoms with Crippen molar-refractivity contribution in [3.63, 3.8) is 0 Å². The second-order valence-electron chi connectivity index (χ2n) is 12.6. The van der Waals surface area contributed by atoms with E-state index < -0.39 is 11.0 Å². The van der Waals surface area contributed by atoms with Crippen molar-refractivity contribution in [1.82, 2.24) is 9.88 Å². The Bertz CT molecular complexity index is 1570. The molecular formula is C39H40N2O3S. The summed E-state index contributed by atoms with van der Waals surface area (Å²) in [5.74, 6) is 1.16. The lowest BCUT2D eigenvalue weighted by molar-refractivity contribution is 0.0204. The number of likely N-dealkylation sites (tertiary alicyclic amines) is 1. The fourth-order valence-corrected chi connectivity index (χ4v) is 7.21. The normalized spacial score (nSPS) is 14.2. The maximum Gasteiger partial charge on any atom is 0.410 e. The highest BCUT2D eigenvalue weighted by atomic mass is 32.1.